The zero-order valence-corrected chi connectivity index (χ0v) is 12.4. The van der Waals surface area contributed by atoms with E-state index in [1.807, 2.05) is 0 Å². The van der Waals surface area contributed by atoms with Gasteiger partial charge in [0.15, 0.2) is 11.6 Å². The highest BCUT2D eigenvalue weighted by Gasteiger charge is 2.18. The Kier molecular flexibility index (Phi) is 6.16. The largest absolute Gasteiger partial charge is 0.350 e. The van der Waals surface area contributed by atoms with Gasteiger partial charge in [-0.1, -0.05) is 0 Å². The Bertz CT molecular complexity index is 467. The molecule has 1 unspecified atom stereocenters. The van der Waals surface area contributed by atoms with Crippen LogP contribution in [0.3, 0.4) is 0 Å². The summed E-state index contributed by atoms with van der Waals surface area (Å²) in [5.41, 5.74) is 0.104. The van der Waals surface area contributed by atoms with Crippen molar-refractivity contribution in [3.05, 3.63) is 33.8 Å². The third-order valence-corrected chi connectivity index (χ3v) is 3.58. The molecule has 0 aliphatic carbocycles. The zero-order valence-electron chi connectivity index (χ0n) is 10.0. The number of carbonyl (C=O) groups excluding carboxylic acids is 1. The molecule has 19 heavy (non-hydrogen) atoms. The van der Waals surface area contributed by atoms with Gasteiger partial charge in [-0.2, -0.15) is 0 Å². The topological polar surface area (TPSA) is 41.1 Å². The van der Waals surface area contributed by atoms with Gasteiger partial charge >= 0.3 is 0 Å². The van der Waals surface area contributed by atoms with Gasteiger partial charge in [0.1, 0.15) is 0 Å². The lowest BCUT2D eigenvalue weighted by atomic mass is 10.2. The van der Waals surface area contributed by atoms with E-state index in [9.17, 15) is 13.6 Å². The van der Waals surface area contributed by atoms with Crippen molar-refractivity contribution in [2.24, 2.45) is 0 Å². The lowest BCUT2D eigenvalue weighted by Crippen LogP contribution is -2.37. The summed E-state index contributed by atoms with van der Waals surface area (Å²) in [6, 6.07) is 2.12. The van der Waals surface area contributed by atoms with Crippen LogP contribution in [0.4, 0.5) is 8.78 Å². The average molecular weight is 356 g/mol. The highest BCUT2D eigenvalue weighted by Crippen LogP contribution is 2.20. The normalized spacial score (nSPS) is 17.9. The molecule has 2 rings (SSSR count). The first kappa shape index (κ1) is 16.3. The third kappa shape index (κ3) is 4.12. The van der Waals surface area contributed by atoms with Crippen molar-refractivity contribution in [1.29, 1.82) is 0 Å². The Labute approximate surface area is 124 Å². The maximum Gasteiger partial charge on any atom is 0.252 e. The first-order valence-corrected chi connectivity index (χ1v) is 6.53. The van der Waals surface area contributed by atoms with E-state index < -0.39 is 17.5 Å². The molecule has 0 aromatic heterocycles. The molecule has 1 aliphatic rings. The summed E-state index contributed by atoms with van der Waals surface area (Å²) in [4.78, 5) is 11.8. The standard InChI is InChI=1S/C12H13BrF2N2O.ClH/c13-9-5-11(15)10(14)4-8(9)12(18)17-6-7-2-1-3-16-7;/h4-5,7,16H,1-3,6H2,(H,17,18);1H. The van der Waals surface area contributed by atoms with E-state index in [0.717, 1.165) is 31.5 Å². The van der Waals surface area contributed by atoms with Crippen molar-refractivity contribution >= 4 is 34.2 Å². The smallest absolute Gasteiger partial charge is 0.252 e. The molecular weight excluding hydrogens is 341 g/mol. The van der Waals surface area contributed by atoms with Gasteiger partial charge in [-0.25, -0.2) is 8.78 Å². The first-order chi connectivity index (χ1) is 8.58. The number of benzene rings is 1. The molecule has 0 radical (unpaired) electrons. The predicted octanol–water partition coefficient (Wildman–Crippen LogP) is 2.63. The van der Waals surface area contributed by atoms with E-state index >= 15 is 0 Å². The molecule has 1 saturated heterocycles. The second-order valence-corrected chi connectivity index (χ2v) is 5.10. The summed E-state index contributed by atoms with van der Waals surface area (Å²) in [7, 11) is 0. The van der Waals surface area contributed by atoms with E-state index in [1.54, 1.807) is 0 Å². The summed E-state index contributed by atoms with van der Waals surface area (Å²) in [5.74, 6) is -2.41. The molecule has 1 amide bonds. The van der Waals surface area contributed by atoms with E-state index in [1.165, 1.54) is 0 Å². The fourth-order valence-electron chi connectivity index (χ4n) is 1.94. The summed E-state index contributed by atoms with van der Waals surface area (Å²) < 4.78 is 26.2. The number of rotatable bonds is 3. The lowest BCUT2D eigenvalue weighted by molar-refractivity contribution is 0.0949. The minimum Gasteiger partial charge on any atom is -0.350 e. The summed E-state index contributed by atoms with van der Waals surface area (Å²) >= 11 is 3.05. The van der Waals surface area contributed by atoms with Crippen molar-refractivity contribution < 1.29 is 13.6 Å². The third-order valence-electron chi connectivity index (χ3n) is 2.93. The second-order valence-electron chi connectivity index (χ2n) is 4.25. The number of amides is 1. The van der Waals surface area contributed by atoms with Crippen molar-refractivity contribution in [2.75, 3.05) is 13.1 Å². The summed E-state index contributed by atoms with van der Waals surface area (Å²) in [6.45, 7) is 1.44. The molecule has 2 N–H and O–H groups in total. The van der Waals surface area contributed by atoms with Gasteiger partial charge in [-0.3, -0.25) is 4.79 Å². The Hall–Kier alpha value is -0.720. The van der Waals surface area contributed by atoms with Crippen molar-refractivity contribution in [3.63, 3.8) is 0 Å². The molecule has 1 aromatic carbocycles. The van der Waals surface area contributed by atoms with E-state index in [2.05, 4.69) is 26.6 Å². The predicted molar refractivity (Wildman–Crippen MR) is 74.7 cm³/mol. The molecule has 1 fully saturated rings. The monoisotopic (exact) mass is 354 g/mol. The van der Waals surface area contributed by atoms with Gasteiger partial charge in [0.25, 0.3) is 5.91 Å². The number of carbonyl (C=O) groups is 1. The minimum absolute atomic E-state index is 0. The molecule has 1 aromatic rings. The Morgan fingerprint density at radius 1 is 1.42 bits per heavy atom. The van der Waals surface area contributed by atoms with Crippen LogP contribution >= 0.6 is 28.3 Å². The molecular formula is C12H14BrClF2N2O. The number of hydrogen-bond acceptors (Lipinski definition) is 2. The second kappa shape index (κ2) is 7.17. The van der Waals surface area contributed by atoms with Crippen LogP contribution in [0.25, 0.3) is 0 Å². The summed E-state index contributed by atoms with van der Waals surface area (Å²) in [6.07, 6.45) is 2.11. The molecule has 0 saturated carbocycles. The van der Waals surface area contributed by atoms with Crippen molar-refractivity contribution in [3.8, 4) is 0 Å². The van der Waals surface area contributed by atoms with Crippen molar-refractivity contribution in [1.82, 2.24) is 10.6 Å². The average Bonchev–Trinajstić information content (AvgIpc) is 2.84. The number of nitrogens with one attached hydrogen (secondary N) is 2. The van der Waals surface area contributed by atoms with Crippen LogP contribution in [0.1, 0.15) is 23.2 Å². The molecule has 1 atom stereocenters. The van der Waals surface area contributed by atoms with Gasteiger partial charge in [0.05, 0.1) is 5.56 Å². The SMILES string of the molecule is Cl.O=C(NCC1CCCN1)c1cc(F)c(F)cc1Br. The van der Waals surface area contributed by atoms with Gasteiger partial charge in [0.2, 0.25) is 0 Å². The molecule has 3 nitrogen and oxygen atoms in total. The molecule has 0 spiro atoms. The molecule has 1 aliphatic heterocycles. The van der Waals surface area contributed by atoms with E-state index in [4.69, 9.17) is 0 Å². The maximum atomic E-state index is 13.1. The Morgan fingerprint density at radius 2 is 2.11 bits per heavy atom. The maximum absolute atomic E-state index is 13.1. The quantitative estimate of drug-likeness (QED) is 0.819. The number of halogens is 4. The van der Waals surface area contributed by atoms with Crippen LogP contribution in [0.5, 0.6) is 0 Å². The van der Waals surface area contributed by atoms with Gasteiger partial charge in [-0.15, -0.1) is 12.4 Å². The Balaban J connectivity index is 0.00000180. The fourth-order valence-corrected chi connectivity index (χ4v) is 2.43. The minimum atomic E-state index is -1.03. The van der Waals surface area contributed by atoms with Crippen LogP contribution in [0, 0.1) is 11.6 Å². The first-order valence-electron chi connectivity index (χ1n) is 5.74. The fraction of sp³-hybridized carbons (Fsp3) is 0.417. The van der Waals surface area contributed by atoms with Gasteiger partial charge in [-0.05, 0) is 47.4 Å². The van der Waals surface area contributed by atoms with Crippen LogP contribution < -0.4 is 10.6 Å². The zero-order chi connectivity index (χ0) is 13.1. The lowest BCUT2D eigenvalue weighted by Gasteiger charge is -2.12. The molecule has 106 valence electrons. The van der Waals surface area contributed by atoms with Crippen LogP contribution in [-0.4, -0.2) is 25.0 Å². The van der Waals surface area contributed by atoms with Crippen molar-refractivity contribution in [2.45, 2.75) is 18.9 Å². The molecule has 0 bridgehead atoms. The summed E-state index contributed by atoms with van der Waals surface area (Å²) in [5, 5.41) is 5.95. The van der Waals surface area contributed by atoms with E-state index in [0.29, 0.717) is 6.54 Å². The van der Waals surface area contributed by atoms with Crippen LogP contribution in [0.2, 0.25) is 0 Å². The highest BCUT2D eigenvalue weighted by molar-refractivity contribution is 9.10. The Morgan fingerprint density at radius 3 is 2.74 bits per heavy atom. The highest BCUT2D eigenvalue weighted by atomic mass is 79.9. The van der Waals surface area contributed by atoms with Crippen LogP contribution in [-0.2, 0) is 0 Å². The van der Waals surface area contributed by atoms with Gasteiger partial charge < -0.3 is 10.6 Å². The van der Waals surface area contributed by atoms with E-state index in [-0.39, 0.29) is 28.5 Å². The molecule has 1 heterocycles. The van der Waals surface area contributed by atoms with Gasteiger partial charge in [0, 0.05) is 17.1 Å². The van der Waals surface area contributed by atoms with Crippen LogP contribution in [0.15, 0.2) is 16.6 Å². The number of hydrogen-bond donors (Lipinski definition) is 2. The molecule has 7 heteroatoms.